The second-order valence-electron chi connectivity index (χ2n) is 7.86. The minimum absolute atomic E-state index is 0.0290. The van der Waals surface area contributed by atoms with Crippen molar-refractivity contribution in [1.82, 2.24) is 5.32 Å². The van der Waals surface area contributed by atoms with Crippen molar-refractivity contribution in [3.05, 3.63) is 53.3 Å². The molecule has 2 atom stereocenters. The Morgan fingerprint density at radius 3 is 2.45 bits per heavy atom. The molecule has 0 spiro atoms. The van der Waals surface area contributed by atoms with Crippen molar-refractivity contribution >= 4 is 17.6 Å². The summed E-state index contributed by atoms with van der Waals surface area (Å²) >= 11 is 0. The normalized spacial score (nSPS) is 17.9. The summed E-state index contributed by atoms with van der Waals surface area (Å²) in [4.78, 5) is 25.8. The minimum atomic E-state index is -0.533. The van der Waals surface area contributed by atoms with Crippen LogP contribution in [0.25, 0.3) is 0 Å². The Hall–Kier alpha value is -3.33. The molecule has 9 heteroatoms. The van der Waals surface area contributed by atoms with Crippen molar-refractivity contribution in [2.24, 2.45) is 0 Å². The van der Waals surface area contributed by atoms with Gasteiger partial charge >= 0.3 is 5.97 Å². The summed E-state index contributed by atoms with van der Waals surface area (Å²) in [6.07, 6.45) is 0.0581. The first-order chi connectivity index (χ1) is 15.8. The number of carbonyl (C=O) groups is 2. The van der Waals surface area contributed by atoms with Gasteiger partial charge in [-0.15, -0.1) is 0 Å². The number of nitrogens with one attached hydrogen (secondary N) is 1. The van der Waals surface area contributed by atoms with Crippen LogP contribution in [-0.4, -0.2) is 58.0 Å². The average molecular weight is 461 g/mol. The van der Waals surface area contributed by atoms with Crippen LogP contribution in [0.5, 0.6) is 11.5 Å². The molecule has 1 N–H and O–H groups in total. The molecule has 33 heavy (non-hydrogen) atoms. The van der Waals surface area contributed by atoms with E-state index in [0.29, 0.717) is 41.4 Å². The lowest BCUT2D eigenvalue weighted by Crippen LogP contribution is -2.45. The highest BCUT2D eigenvalue weighted by Crippen LogP contribution is 2.28. The van der Waals surface area contributed by atoms with E-state index in [0.717, 1.165) is 0 Å². The predicted octanol–water partition coefficient (Wildman–Crippen LogP) is 2.93. The first-order valence-corrected chi connectivity index (χ1v) is 10.7. The van der Waals surface area contributed by atoms with E-state index in [4.69, 9.17) is 14.2 Å². The molecule has 0 radical (unpaired) electrons. The number of hydrogen-bond acceptors (Lipinski definition) is 7. The standard InChI is InChI=1S/C24H29FN2O6/c1-15-12-27(13-16(2)33-15)20-7-5-17(9-19(20)25)11-26-24(29)18-6-8-21(22(10-18)30-3)32-14-23(28)31-4/h5-10,15-16H,11-14H2,1-4H3,(H,26,29). The molecule has 178 valence electrons. The van der Waals surface area contributed by atoms with Crippen molar-refractivity contribution < 1.29 is 32.9 Å². The summed E-state index contributed by atoms with van der Waals surface area (Å²) in [6.45, 7) is 5.07. The van der Waals surface area contributed by atoms with Crippen LogP contribution >= 0.6 is 0 Å². The number of nitrogens with zero attached hydrogens (tertiary/aromatic N) is 1. The predicted molar refractivity (Wildman–Crippen MR) is 120 cm³/mol. The number of ether oxygens (including phenoxy) is 4. The summed E-state index contributed by atoms with van der Waals surface area (Å²) in [6, 6.07) is 9.56. The lowest BCUT2D eigenvalue weighted by molar-refractivity contribution is -0.142. The quantitative estimate of drug-likeness (QED) is 0.606. The first-order valence-electron chi connectivity index (χ1n) is 10.7. The van der Waals surface area contributed by atoms with Crippen LogP contribution in [0.3, 0.4) is 0 Å². The maximum atomic E-state index is 14.8. The van der Waals surface area contributed by atoms with Gasteiger partial charge in [0.1, 0.15) is 5.82 Å². The van der Waals surface area contributed by atoms with Crippen molar-refractivity contribution in [2.75, 3.05) is 38.8 Å². The fourth-order valence-electron chi connectivity index (χ4n) is 3.70. The van der Waals surface area contributed by atoms with Gasteiger partial charge in [0.05, 0.1) is 32.1 Å². The SMILES string of the molecule is COC(=O)COc1ccc(C(=O)NCc2ccc(N3CC(C)OC(C)C3)c(F)c2)cc1OC. The first kappa shape index (κ1) is 24.3. The molecule has 0 aliphatic carbocycles. The van der Waals surface area contributed by atoms with Gasteiger partial charge in [-0.2, -0.15) is 0 Å². The third-order valence-electron chi connectivity index (χ3n) is 5.22. The number of carbonyl (C=O) groups excluding carboxylic acids is 2. The fraction of sp³-hybridized carbons (Fsp3) is 0.417. The van der Waals surface area contributed by atoms with Gasteiger partial charge in [-0.3, -0.25) is 4.79 Å². The molecular weight excluding hydrogens is 431 g/mol. The fourth-order valence-corrected chi connectivity index (χ4v) is 3.70. The Morgan fingerprint density at radius 2 is 1.82 bits per heavy atom. The van der Waals surface area contributed by atoms with Crippen molar-refractivity contribution in [3.63, 3.8) is 0 Å². The zero-order valence-corrected chi connectivity index (χ0v) is 19.2. The Bertz CT molecular complexity index is 989. The molecule has 1 heterocycles. The second-order valence-corrected chi connectivity index (χ2v) is 7.86. The maximum Gasteiger partial charge on any atom is 0.343 e. The molecule has 1 saturated heterocycles. The molecule has 2 unspecified atom stereocenters. The molecule has 0 bridgehead atoms. The molecule has 2 aromatic carbocycles. The van der Waals surface area contributed by atoms with E-state index in [-0.39, 0.29) is 37.1 Å². The van der Waals surface area contributed by atoms with E-state index in [1.54, 1.807) is 18.2 Å². The maximum absolute atomic E-state index is 14.8. The molecule has 1 amide bonds. The van der Waals surface area contributed by atoms with Gasteiger partial charge in [0.2, 0.25) is 0 Å². The molecule has 1 fully saturated rings. The Morgan fingerprint density at radius 1 is 1.09 bits per heavy atom. The third-order valence-corrected chi connectivity index (χ3v) is 5.22. The van der Waals surface area contributed by atoms with Gasteiger partial charge in [0, 0.05) is 25.2 Å². The zero-order valence-electron chi connectivity index (χ0n) is 19.2. The van der Waals surface area contributed by atoms with E-state index in [1.165, 1.54) is 32.4 Å². The molecule has 1 aliphatic heterocycles. The molecule has 8 nitrogen and oxygen atoms in total. The number of hydrogen-bond donors (Lipinski definition) is 1. The van der Waals surface area contributed by atoms with Crippen LogP contribution in [0.2, 0.25) is 0 Å². The number of morpholine rings is 1. The van der Waals surface area contributed by atoms with Gasteiger partial charge < -0.3 is 29.2 Å². The van der Waals surface area contributed by atoms with Crippen molar-refractivity contribution in [1.29, 1.82) is 0 Å². The summed E-state index contributed by atoms with van der Waals surface area (Å²) in [5.74, 6) is -0.612. The average Bonchev–Trinajstić information content (AvgIpc) is 2.80. The van der Waals surface area contributed by atoms with E-state index < -0.39 is 5.97 Å². The highest BCUT2D eigenvalue weighted by Gasteiger charge is 2.24. The summed E-state index contributed by atoms with van der Waals surface area (Å²) < 4.78 is 35.6. The molecule has 3 rings (SSSR count). The number of anilines is 1. The van der Waals surface area contributed by atoms with E-state index in [1.807, 2.05) is 18.7 Å². The molecule has 0 aromatic heterocycles. The van der Waals surface area contributed by atoms with E-state index in [2.05, 4.69) is 10.1 Å². The monoisotopic (exact) mass is 460 g/mol. The molecule has 2 aromatic rings. The van der Waals surface area contributed by atoms with Gasteiger partial charge in [-0.05, 0) is 49.7 Å². The number of esters is 1. The second kappa shape index (κ2) is 11.0. The largest absolute Gasteiger partial charge is 0.493 e. The number of halogens is 1. The van der Waals surface area contributed by atoms with Crippen LogP contribution in [0.4, 0.5) is 10.1 Å². The Balaban J connectivity index is 1.62. The van der Waals surface area contributed by atoms with Crippen molar-refractivity contribution in [3.8, 4) is 11.5 Å². The van der Waals surface area contributed by atoms with Gasteiger partial charge in [-0.25, -0.2) is 9.18 Å². The van der Waals surface area contributed by atoms with E-state index in [9.17, 15) is 14.0 Å². The lowest BCUT2D eigenvalue weighted by atomic mass is 10.1. The number of methoxy groups -OCH3 is 2. The van der Waals surface area contributed by atoms with Crippen LogP contribution < -0.4 is 19.7 Å². The van der Waals surface area contributed by atoms with Crippen LogP contribution in [0.1, 0.15) is 29.8 Å². The summed E-state index contributed by atoms with van der Waals surface area (Å²) in [5, 5.41) is 2.78. The van der Waals surface area contributed by atoms with Crippen molar-refractivity contribution in [2.45, 2.75) is 32.6 Å². The summed E-state index contributed by atoms with van der Waals surface area (Å²) in [5.41, 5.74) is 1.51. The van der Waals surface area contributed by atoms with Gasteiger partial charge in [-0.1, -0.05) is 6.07 Å². The van der Waals surface area contributed by atoms with Gasteiger partial charge in [0.25, 0.3) is 5.91 Å². The molecule has 0 saturated carbocycles. The lowest BCUT2D eigenvalue weighted by Gasteiger charge is -2.37. The highest BCUT2D eigenvalue weighted by molar-refractivity contribution is 5.94. The Kier molecular flexibility index (Phi) is 8.11. The number of rotatable bonds is 8. The van der Waals surface area contributed by atoms with E-state index >= 15 is 0 Å². The minimum Gasteiger partial charge on any atom is -0.493 e. The third kappa shape index (κ3) is 6.35. The van der Waals surface area contributed by atoms with Crippen LogP contribution in [-0.2, 0) is 20.8 Å². The summed E-state index contributed by atoms with van der Waals surface area (Å²) in [7, 11) is 2.70. The topological polar surface area (TPSA) is 86.3 Å². The molecule has 1 aliphatic rings. The van der Waals surface area contributed by atoms with Gasteiger partial charge in [0.15, 0.2) is 18.1 Å². The van der Waals surface area contributed by atoms with Crippen LogP contribution in [0.15, 0.2) is 36.4 Å². The number of benzene rings is 2. The van der Waals surface area contributed by atoms with Crippen LogP contribution in [0, 0.1) is 5.82 Å². The number of amides is 1. The smallest absolute Gasteiger partial charge is 0.343 e. The Labute approximate surface area is 192 Å². The molecular formula is C24H29FN2O6. The highest BCUT2D eigenvalue weighted by atomic mass is 19.1. The zero-order chi connectivity index (χ0) is 24.0.